The van der Waals surface area contributed by atoms with Crippen LogP contribution in [0.4, 0.5) is 23.2 Å². The molecule has 0 aliphatic carbocycles. The zero-order chi connectivity index (χ0) is 20.6. The third kappa shape index (κ3) is 3.73. The van der Waals surface area contributed by atoms with Gasteiger partial charge in [0.15, 0.2) is 11.5 Å². The van der Waals surface area contributed by atoms with Gasteiger partial charge in [0.25, 0.3) is 0 Å². The van der Waals surface area contributed by atoms with Crippen molar-refractivity contribution >= 4 is 16.6 Å². The highest BCUT2D eigenvalue weighted by Crippen LogP contribution is 2.30. The van der Waals surface area contributed by atoms with Crippen LogP contribution in [0.1, 0.15) is 11.3 Å². The maximum absolute atomic E-state index is 13.5. The molecule has 2 N–H and O–H groups in total. The summed E-state index contributed by atoms with van der Waals surface area (Å²) in [4.78, 5) is 3.40. The topological polar surface area (TPSA) is 67.8 Å². The number of imidazole rings is 1. The van der Waals surface area contributed by atoms with Gasteiger partial charge in [0.2, 0.25) is 0 Å². The van der Waals surface area contributed by atoms with Crippen LogP contribution < -0.4 is 10.1 Å². The third-order valence-electron chi connectivity index (χ3n) is 4.39. The molecule has 0 aliphatic heterocycles. The number of anilines is 1. The van der Waals surface area contributed by atoms with Crippen molar-refractivity contribution < 1.29 is 22.3 Å². The van der Waals surface area contributed by atoms with Gasteiger partial charge < -0.3 is 10.1 Å². The average molecular weight is 405 g/mol. The molecule has 0 spiro atoms. The van der Waals surface area contributed by atoms with Crippen LogP contribution in [0.15, 0.2) is 48.9 Å². The number of nitrogens with one attached hydrogen (secondary N) is 2. The van der Waals surface area contributed by atoms with Gasteiger partial charge in [-0.25, -0.2) is 9.37 Å². The van der Waals surface area contributed by atoms with E-state index in [0.717, 1.165) is 12.5 Å². The summed E-state index contributed by atoms with van der Waals surface area (Å²) in [6, 6.07) is 9.50. The molecule has 0 saturated carbocycles. The van der Waals surface area contributed by atoms with E-state index in [1.165, 1.54) is 23.8 Å². The van der Waals surface area contributed by atoms with Crippen molar-refractivity contribution in [2.45, 2.75) is 12.7 Å². The van der Waals surface area contributed by atoms with Crippen LogP contribution in [-0.4, -0.2) is 26.9 Å². The molecule has 0 amide bonds. The fourth-order valence-corrected chi connectivity index (χ4v) is 2.97. The number of aromatic nitrogens is 4. The first-order chi connectivity index (χ1) is 13.8. The lowest BCUT2D eigenvalue weighted by Gasteiger charge is -2.11. The van der Waals surface area contributed by atoms with Gasteiger partial charge in [-0.05, 0) is 36.4 Å². The van der Waals surface area contributed by atoms with Gasteiger partial charge in [-0.1, -0.05) is 0 Å². The van der Waals surface area contributed by atoms with Crippen molar-refractivity contribution in [1.82, 2.24) is 19.7 Å². The van der Waals surface area contributed by atoms with E-state index in [4.69, 9.17) is 4.74 Å². The Bertz CT molecular complexity index is 1170. The molecule has 0 bridgehead atoms. The lowest BCUT2D eigenvalue weighted by Crippen LogP contribution is -2.05. The van der Waals surface area contributed by atoms with Crippen LogP contribution in [0.25, 0.3) is 16.7 Å². The highest BCUT2D eigenvalue weighted by Gasteiger charge is 2.33. The van der Waals surface area contributed by atoms with E-state index in [1.807, 2.05) is 0 Å². The monoisotopic (exact) mass is 405 g/mol. The lowest BCUT2D eigenvalue weighted by molar-refractivity contribution is -0.140. The number of hydrogen-bond donors (Lipinski definition) is 2. The molecule has 2 heterocycles. The number of ether oxygens (including phenoxy) is 1. The van der Waals surface area contributed by atoms with E-state index in [1.54, 1.807) is 24.3 Å². The number of halogens is 4. The van der Waals surface area contributed by atoms with E-state index in [0.29, 0.717) is 34.4 Å². The van der Waals surface area contributed by atoms with Crippen LogP contribution in [0.3, 0.4) is 0 Å². The Morgan fingerprint density at radius 1 is 1.17 bits per heavy atom. The first kappa shape index (κ1) is 18.8. The second-order valence-electron chi connectivity index (χ2n) is 6.28. The fraction of sp³-hybridized carbons (Fsp3) is 0.158. The lowest BCUT2D eigenvalue weighted by atomic mass is 10.1. The summed E-state index contributed by atoms with van der Waals surface area (Å²) in [6.07, 6.45) is -2.59. The molecule has 150 valence electrons. The highest BCUT2D eigenvalue weighted by molar-refractivity contribution is 5.88. The predicted octanol–water partition coefficient (Wildman–Crippen LogP) is 4.53. The molecule has 0 atom stereocenters. The summed E-state index contributed by atoms with van der Waals surface area (Å²) < 4.78 is 58.4. The normalized spacial score (nSPS) is 11.8. The molecular weight excluding hydrogens is 390 g/mol. The molecule has 4 rings (SSSR count). The molecule has 0 unspecified atom stereocenters. The van der Waals surface area contributed by atoms with Gasteiger partial charge in [-0.3, -0.25) is 9.67 Å². The summed E-state index contributed by atoms with van der Waals surface area (Å²) in [5.41, 5.74) is 0.962. The van der Waals surface area contributed by atoms with Crippen molar-refractivity contribution in [3.8, 4) is 11.6 Å². The van der Waals surface area contributed by atoms with Crippen LogP contribution in [0.2, 0.25) is 0 Å². The van der Waals surface area contributed by atoms with Gasteiger partial charge in [-0.2, -0.15) is 18.3 Å². The largest absolute Gasteiger partial charge is 0.496 e. The van der Waals surface area contributed by atoms with Gasteiger partial charge in [0, 0.05) is 29.4 Å². The van der Waals surface area contributed by atoms with Crippen molar-refractivity contribution in [2.75, 3.05) is 12.4 Å². The molecule has 0 aliphatic rings. The molecule has 2 aromatic carbocycles. The molecule has 0 fully saturated rings. The van der Waals surface area contributed by atoms with Crippen LogP contribution in [0.5, 0.6) is 5.75 Å². The smallest absolute Gasteiger partial charge is 0.434 e. The number of fused-ring (bicyclic) bond motifs is 1. The van der Waals surface area contributed by atoms with Crippen molar-refractivity contribution in [1.29, 1.82) is 0 Å². The van der Waals surface area contributed by atoms with E-state index < -0.39 is 11.9 Å². The summed E-state index contributed by atoms with van der Waals surface area (Å²) in [5.74, 6) is 0.452. The van der Waals surface area contributed by atoms with E-state index in [2.05, 4.69) is 20.5 Å². The highest BCUT2D eigenvalue weighted by atomic mass is 19.4. The Hall–Kier alpha value is -3.56. The zero-order valence-electron chi connectivity index (χ0n) is 15.1. The molecule has 10 heteroatoms. The average Bonchev–Trinajstić information content (AvgIpc) is 3.32. The standard InChI is InChI=1S/C19H15F4N5O/c1-29-16-5-2-12(20)6-11(16)8-24-13-3-4-15-14(7-13)18(27-26-15)28-9-17(25-10-28)19(21,22)23/h2-7,9-10,24H,8H2,1H3,(H,26,27). The second kappa shape index (κ2) is 7.12. The molecule has 0 radical (unpaired) electrons. The molecule has 6 nitrogen and oxygen atoms in total. The number of aromatic amines is 1. The second-order valence-corrected chi connectivity index (χ2v) is 6.28. The van der Waals surface area contributed by atoms with Gasteiger partial charge in [0.05, 0.1) is 12.6 Å². The molecule has 29 heavy (non-hydrogen) atoms. The maximum Gasteiger partial charge on any atom is 0.434 e. The molecule has 4 aromatic rings. The minimum Gasteiger partial charge on any atom is -0.496 e. The summed E-state index contributed by atoms with van der Waals surface area (Å²) >= 11 is 0. The number of hydrogen-bond acceptors (Lipinski definition) is 4. The van der Waals surface area contributed by atoms with Crippen molar-refractivity contribution in [2.24, 2.45) is 0 Å². The summed E-state index contributed by atoms with van der Waals surface area (Å²) in [6.45, 7) is 0.295. The van der Waals surface area contributed by atoms with Crippen LogP contribution in [-0.2, 0) is 12.7 Å². The third-order valence-corrected chi connectivity index (χ3v) is 4.39. The minimum absolute atomic E-state index is 0.287. The number of benzene rings is 2. The Kier molecular flexibility index (Phi) is 4.61. The first-order valence-corrected chi connectivity index (χ1v) is 8.51. The Morgan fingerprint density at radius 3 is 2.72 bits per heavy atom. The van der Waals surface area contributed by atoms with Gasteiger partial charge in [-0.15, -0.1) is 0 Å². The van der Waals surface area contributed by atoms with Crippen molar-refractivity contribution in [3.05, 3.63) is 66.0 Å². The Labute approximate surface area is 162 Å². The quantitative estimate of drug-likeness (QED) is 0.479. The Morgan fingerprint density at radius 2 is 2.00 bits per heavy atom. The number of rotatable bonds is 5. The fourth-order valence-electron chi connectivity index (χ4n) is 2.97. The van der Waals surface area contributed by atoms with Crippen LogP contribution in [0, 0.1) is 5.82 Å². The summed E-state index contributed by atoms with van der Waals surface area (Å²) in [7, 11) is 1.50. The first-order valence-electron chi connectivity index (χ1n) is 8.51. The molecule has 2 aromatic heterocycles. The summed E-state index contributed by atoms with van der Waals surface area (Å²) in [5, 5.41) is 10.6. The molecular formula is C19H15F4N5O. The number of methoxy groups -OCH3 is 1. The SMILES string of the molecule is COc1ccc(F)cc1CNc1ccc2[nH]nc(-n3cnc(C(F)(F)F)c3)c2c1. The van der Waals surface area contributed by atoms with Gasteiger partial charge >= 0.3 is 6.18 Å². The van der Waals surface area contributed by atoms with Crippen LogP contribution >= 0.6 is 0 Å². The predicted molar refractivity (Wildman–Crippen MR) is 98.5 cm³/mol. The van der Waals surface area contributed by atoms with E-state index in [9.17, 15) is 17.6 Å². The number of H-pyrrole nitrogens is 1. The Balaban J connectivity index is 1.62. The number of nitrogens with zero attached hydrogens (tertiary/aromatic N) is 3. The minimum atomic E-state index is -4.53. The van der Waals surface area contributed by atoms with Gasteiger partial charge in [0.1, 0.15) is 17.9 Å². The number of alkyl halides is 3. The molecule has 0 saturated heterocycles. The zero-order valence-corrected chi connectivity index (χ0v) is 15.1. The van der Waals surface area contributed by atoms with E-state index in [-0.39, 0.29) is 11.6 Å². The maximum atomic E-state index is 13.5. The van der Waals surface area contributed by atoms with E-state index >= 15 is 0 Å². The van der Waals surface area contributed by atoms with Crippen molar-refractivity contribution in [3.63, 3.8) is 0 Å².